The second kappa shape index (κ2) is 4.56. The molecule has 0 aromatic heterocycles. The van der Waals surface area contributed by atoms with Crippen molar-refractivity contribution in [3.8, 4) is 5.75 Å². The monoisotopic (exact) mass is 220 g/mol. The van der Waals surface area contributed by atoms with Gasteiger partial charge in [-0.2, -0.15) is 0 Å². The normalized spacial score (nSPS) is 22.6. The third-order valence-corrected chi connectivity index (χ3v) is 3.12. The SMILES string of the molecule is COC(=O)C[C@H]1C[C@@H]1c1ccc(OC)cc1. The summed E-state index contributed by atoms with van der Waals surface area (Å²) in [5.74, 6) is 1.74. The van der Waals surface area contributed by atoms with E-state index in [2.05, 4.69) is 16.9 Å². The molecule has 0 heterocycles. The van der Waals surface area contributed by atoms with E-state index in [0.29, 0.717) is 18.3 Å². The molecule has 1 aromatic carbocycles. The molecule has 0 bridgehead atoms. The smallest absolute Gasteiger partial charge is 0.305 e. The summed E-state index contributed by atoms with van der Waals surface area (Å²) < 4.78 is 9.77. The lowest BCUT2D eigenvalue weighted by Gasteiger charge is -2.02. The van der Waals surface area contributed by atoms with Crippen molar-refractivity contribution < 1.29 is 14.3 Å². The summed E-state index contributed by atoms with van der Waals surface area (Å²) >= 11 is 0. The van der Waals surface area contributed by atoms with E-state index in [1.807, 2.05) is 12.1 Å². The van der Waals surface area contributed by atoms with Crippen molar-refractivity contribution in [2.75, 3.05) is 14.2 Å². The highest BCUT2D eigenvalue weighted by atomic mass is 16.5. The minimum Gasteiger partial charge on any atom is -0.497 e. The third kappa shape index (κ3) is 2.35. The molecule has 0 aliphatic heterocycles. The predicted octanol–water partition coefficient (Wildman–Crippen LogP) is 2.36. The van der Waals surface area contributed by atoms with Gasteiger partial charge in [0, 0.05) is 6.42 Å². The quantitative estimate of drug-likeness (QED) is 0.731. The van der Waals surface area contributed by atoms with E-state index < -0.39 is 0 Å². The average Bonchev–Trinajstić information content (AvgIpc) is 3.08. The molecule has 1 aliphatic carbocycles. The minimum absolute atomic E-state index is 0.110. The second-order valence-electron chi connectivity index (χ2n) is 4.16. The van der Waals surface area contributed by atoms with E-state index in [1.165, 1.54) is 12.7 Å². The molecule has 86 valence electrons. The molecule has 0 spiro atoms. The lowest BCUT2D eigenvalue weighted by molar-refractivity contribution is -0.141. The number of carbonyl (C=O) groups is 1. The van der Waals surface area contributed by atoms with E-state index in [-0.39, 0.29) is 5.97 Å². The number of benzene rings is 1. The van der Waals surface area contributed by atoms with Gasteiger partial charge < -0.3 is 9.47 Å². The van der Waals surface area contributed by atoms with Gasteiger partial charge in [-0.1, -0.05) is 12.1 Å². The Morgan fingerprint density at radius 2 is 2.00 bits per heavy atom. The van der Waals surface area contributed by atoms with Gasteiger partial charge in [0.05, 0.1) is 14.2 Å². The maximum atomic E-state index is 11.1. The highest BCUT2D eigenvalue weighted by Crippen LogP contribution is 2.49. The Kier molecular flexibility index (Phi) is 3.13. The van der Waals surface area contributed by atoms with Crippen LogP contribution in [0.5, 0.6) is 5.75 Å². The first-order valence-corrected chi connectivity index (χ1v) is 5.45. The molecule has 1 saturated carbocycles. The molecule has 3 heteroatoms. The molecule has 1 aromatic rings. The molecular formula is C13H16O3. The van der Waals surface area contributed by atoms with E-state index in [1.54, 1.807) is 7.11 Å². The average molecular weight is 220 g/mol. The molecule has 1 fully saturated rings. The van der Waals surface area contributed by atoms with Gasteiger partial charge in [0.1, 0.15) is 5.75 Å². The molecule has 1 aliphatic rings. The van der Waals surface area contributed by atoms with Crippen LogP contribution >= 0.6 is 0 Å². The van der Waals surface area contributed by atoms with Crippen molar-refractivity contribution in [1.29, 1.82) is 0 Å². The van der Waals surface area contributed by atoms with Crippen molar-refractivity contribution >= 4 is 5.97 Å². The van der Waals surface area contributed by atoms with Gasteiger partial charge in [-0.15, -0.1) is 0 Å². The van der Waals surface area contributed by atoms with Crippen LogP contribution in [0.3, 0.4) is 0 Å². The van der Waals surface area contributed by atoms with Crippen molar-refractivity contribution in [2.24, 2.45) is 5.92 Å². The molecule has 3 nitrogen and oxygen atoms in total. The standard InChI is InChI=1S/C13H16O3/c1-15-11-5-3-9(4-6-11)12-7-10(12)8-13(14)16-2/h3-6,10,12H,7-8H2,1-2H3/t10-,12-/m1/s1. The Morgan fingerprint density at radius 1 is 1.31 bits per heavy atom. The minimum atomic E-state index is -0.110. The van der Waals surface area contributed by atoms with Crippen LogP contribution in [0, 0.1) is 5.92 Å². The summed E-state index contributed by atoms with van der Waals surface area (Å²) in [6, 6.07) is 8.06. The number of esters is 1. The fourth-order valence-corrected chi connectivity index (χ4v) is 2.03. The first-order valence-electron chi connectivity index (χ1n) is 5.45. The van der Waals surface area contributed by atoms with E-state index in [0.717, 1.165) is 12.2 Å². The zero-order valence-electron chi connectivity index (χ0n) is 9.60. The molecule has 2 rings (SSSR count). The maximum Gasteiger partial charge on any atom is 0.305 e. The number of hydrogen-bond acceptors (Lipinski definition) is 3. The fraction of sp³-hybridized carbons (Fsp3) is 0.462. The summed E-state index contributed by atoms with van der Waals surface area (Å²) in [7, 11) is 3.10. The predicted molar refractivity (Wildman–Crippen MR) is 60.5 cm³/mol. The van der Waals surface area contributed by atoms with Crippen LogP contribution in [0.15, 0.2) is 24.3 Å². The van der Waals surface area contributed by atoms with Crippen LogP contribution < -0.4 is 4.74 Å². The Hall–Kier alpha value is -1.51. The lowest BCUT2D eigenvalue weighted by Crippen LogP contribution is -2.01. The first kappa shape index (κ1) is 11.0. The summed E-state index contributed by atoms with van der Waals surface area (Å²) in [5.41, 5.74) is 1.29. The van der Waals surface area contributed by atoms with E-state index >= 15 is 0 Å². The van der Waals surface area contributed by atoms with Crippen LogP contribution in [0.2, 0.25) is 0 Å². The van der Waals surface area contributed by atoms with Crippen molar-refractivity contribution in [1.82, 2.24) is 0 Å². The largest absolute Gasteiger partial charge is 0.497 e. The van der Waals surface area contributed by atoms with E-state index in [9.17, 15) is 4.79 Å². The third-order valence-electron chi connectivity index (χ3n) is 3.12. The van der Waals surface area contributed by atoms with Crippen LogP contribution in [0.25, 0.3) is 0 Å². The number of rotatable bonds is 4. The van der Waals surface area contributed by atoms with Crippen molar-refractivity contribution in [3.63, 3.8) is 0 Å². The first-order chi connectivity index (χ1) is 7.74. The van der Waals surface area contributed by atoms with Gasteiger partial charge in [-0.05, 0) is 36.0 Å². The van der Waals surface area contributed by atoms with Gasteiger partial charge in [-0.3, -0.25) is 4.79 Å². The molecular weight excluding hydrogens is 204 g/mol. The van der Waals surface area contributed by atoms with Crippen LogP contribution in [-0.4, -0.2) is 20.2 Å². The molecule has 0 amide bonds. The van der Waals surface area contributed by atoms with Crippen molar-refractivity contribution in [3.05, 3.63) is 29.8 Å². The number of hydrogen-bond donors (Lipinski definition) is 0. The molecule has 2 atom stereocenters. The Labute approximate surface area is 95.4 Å². The summed E-state index contributed by atoms with van der Waals surface area (Å²) in [5, 5.41) is 0. The number of carbonyl (C=O) groups excluding carboxylic acids is 1. The lowest BCUT2D eigenvalue weighted by atomic mass is 10.1. The highest BCUT2D eigenvalue weighted by molar-refractivity contribution is 5.70. The van der Waals surface area contributed by atoms with Crippen LogP contribution in [0.4, 0.5) is 0 Å². The van der Waals surface area contributed by atoms with Crippen LogP contribution in [0.1, 0.15) is 24.3 Å². The number of methoxy groups -OCH3 is 2. The Bertz CT molecular complexity index is 369. The van der Waals surface area contributed by atoms with Gasteiger partial charge >= 0.3 is 5.97 Å². The summed E-state index contributed by atoms with van der Waals surface area (Å²) in [6.07, 6.45) is 1.62. The van der Waals surface area contributed by atoms with Gasteiger partial charge in [0.15, 0.2) is 0 Å². The second-order valence-corrected chi connectivity index (χ2v) is 4.16. The number of ether oxygens (including phenoxy) is 2. The zero-order chi connectivity index (χ0) is 11.5. The molecule has 0 unspecified atom stereocenters. The van der Waals surface area contributed by atoms with Gasteiger partial charge in [-0.25, -0.2) is 0 Å². The summed E-state index contributed by atoms with van der Waals surface area (Å²) in [6.45, 7) is 0. The fourth-order valence-electron chi connectivity index (χ4n) is 2.03. The molecule has 16 heavy (non-hydrogen) atoms. The van der Waals surface area contributed by atoms with Crippen LogP contribution in [-0.2, 0) is 9.53 Å². The molecule has 0 N–H and O–H groups in total. The molecule has 0 saturated heterocycles. The zero-order valence-corrected chi connectivity index (χ0v) is 9.60. The topological polar surface area (TPSA) is 35.5 Å². The highest BCUT2D eigenvalue weighted by Gasteiger charge is 2.39. The maximum absolute atomic E-state index is 11.1. The molecule has 0 radical (unpaired) electrons. The Balaban J connectivity index is 1.92. The van der Waals surface area contributed by atoms with E-state index in [4.69, 9.17) is 4.74 Å². The van der Waals surface area contributed by atoms with Crippen molar-refractivity contribution in [2.45, 2.75) is 18.8 Å². The summed E-state index contributed by atoms with van der Waals surface area (Å²) in [4.78, 5) is 11.1. The Morgan fingerprint density at radius 3 is 2.56 bits per heavy atom. The van der Waals surface area contributed by atoms with Gasteiger partial charge in [0.25, 0.3) is 0 Å². The van der Waals surface area contributed by atoms with Gasteiger partial charge in [0.2, 0.25) is 0 Å².